The number of thiophene rings is 1. The Labute approximate surface area is 138 Å². The van der Waals surface area contributed by atoms with Crippen LogP contribution < -0.4 is 4.74 Å². The fourth-order valence-corrected chi connectivity index (χ4v) is 3.76. The van der Waals surface area contributed by atoms with Crippen LogP contribution in [0.15, 0.2) is 30.3 Å². The fourth-order valence-electron chi connectivity index (χ4n) is 2.59. The highest BCUT2D eigenvalue weighted by atomic mass is 32.1. The number of carbonyl (C=O) groups excluding carboxylic acids is 1. The number of hydrogen-bond acceptors (Lipinski definition) is 4. The van der Waals surface area contributed by atoms with Gasteiger partial charge in [-0.05, 0) is 25.1 Å². The van der Waals surface area contributed by atoms with Gasteiger partial charge in [-0.25, -0.2) is 0 Å². The first-order valence-electron chi connectivity index (χ1n) is 7.46. The van der Waals surface area contributed by atoms with Gasteiger partial charge in [0, 0.05) is 29.1 Å². The maximum atomic E-state index is 12.6. The zero-order valence-corrected chi connectivity index (χ0v) is 13.6. The summed E-state index contributed by atoms with van der Waals surface area (Å²) in [6, 6.07) is 9.64. The van der Waals surface area contributed by atoms with Crippen LogP contribution in [-0.2, 0) is 11.4 Å². The number of fused-ring (bicyclic) bond motifs is 3. The molecule has 0 radical (unpaired) electrons. The third kappa shape index (κ3) is 3.07. The molecule has 1 aliphatic rings. The van der Waals surface area contributed by atoms with Crippen LogP contribution in [0.4, 0.5) is 0 Å². The Morgan fingerprint density at radius 1 is 1.35 bits per heavy atom. The van der Waals surface area contributed by atoms with Gasteiger partial charge in [0.05, 0.1) is 11.3 Å². The predicted octanol–water partition coefficient (Wildman–Crippen LogP) is 3.24. The van der Waals surface area contributed by atoms with Crippen LogP contribution in [-0.4, -0.2) is 35.0 Å². The van der Waals surface area contributed by atoms with Gasteiger partial charge in [0.15, 0.2) is 0 Å². The molecule has 0 aliphatic carbocycles. The molecule has 5 nitrogen and oxygen atoms in total. The van der Waals surface area contributed by atoms with Crippen molar-refractivity contribution in [2.75, 3.05) is 13.1 Å². The van der Waals surface area contributed by atoms with E-state index in [1.165, 1.54) is 11.3 Å². The average Bonchev–Trinajstić information content (AvgIpc) is 2.99. The molecule has 0 fully saturated rings. The van der Waals surface area contributed by atoms with Gasteiger partial charge < -0.3 is 14.7 Å². The lowest BCUT2D eigenvalue weighted by atomic mass is 10.1. The van der Waals surface area contributed by atoms with E-state index >= 15 is 0 Å². The molecule has 1 aromatic heterocycles. The molecular formula is C17H17NO4S. The number of rotatable bonds is 5. The SMILES string of the molecule is CCN(CCC(=O)O)C(=O)c1cc2c(s1)-c1ccccc1OC2. The minimum Gasteiger partial charge on any atom is -0.488 e. The highest BCUT2D eigenvalue weighted by Gasteiger charge is 2.24. The molecule has 23 heavy (non-hydrogen) atoms. The van der Waals surface area contributed by atoms with Crippen molar-refractivity contribution in [1.29, 1.82) is 0 Å². The Kier molecular flexibility index (Phi) is 4.34. The van der Waals surface area contributed by atoms with Crippen LogP contribution >= 0.6 is 11.3 Å². The fraction of sp³-hybridized carbons (Fsp3) is 0.294. The van der Waals surface area contributed by atoms with Crippen molar-refractivity contribution in [1.82, 2.24) is 4.90 Å². The van der Waals surface area contributed by atoms with E-state index in [2.05, 4.69) is 0 Å². The number of carboxylic acids is 1. The van der Waals surface area contributed by atoms with E-state index in [0.29, 0.717) is 18.0 Å². The zero-order valence-electron chi connectivity index (χ0n) is 12.7. The third-order valence-electron chi connectivity index (χ3n) is 3.80. The van der Waals surface area contributed by atoms with Gasteiger partial charge in [-0.15, -0.1) is 11.3 Å². The topological polar surface area (TPSA) is 66.8 Å². The van der Waals surface area contributed by atoms with Crippen LogP contribution in [0, 0.1) is 0 Å². The van der Waals surface area contributed by atoms with Crippen LogP contribution in [0.25, 0.3) is 10.4 Å². The number of benzene rings is 1. The number of carboxylic acid groups (broad SMARTS) is 1. The van der Waals surface area contributed by atoms with Crippen molar-refractivity contribution in [3.05, 3.63) is 40.8 Å². The Balaban J connectivity index is 1.87. The van der Waals surface area contributed by atoms with E-state index in [1.54, 1.807) is 4.90 Å². The second kappa shape index (κ2) is 6.42. The summed E-state index contributed by atoms with van der Waals surface area (Å²) in [5.41, 5.74) is 2.01. The lowest BCUT2D eigenvalue weighted by Crippen LogP contribution is -2.32. The molecule has 0 atom stereocenters. The summed E-state index contributed by atoms with van der Waals surface area (Å²) < 4.78 is 5.71. The molecule has 6 heteroatoms. The number of nitrogens with zero attached hydrogens (tertiary/aromatic N) is 1. The number of hydrogen-bond donors (Lipinski definition) is 1. The van der Waals surface area contributed by atoms with Crippen LogP contribution in [0.3, 0.4) is 0 Å². The van der Waals surface area contributed by atoms with Gasteiger partial charge in [-0.3, -0.25) is 9.59 Å². The Morgan fingerprint density at radius 2 is 2.13 bits per heavy atom. The first-order valence-corrected chi connectivity index (χ1v) is 8.27. The number of carbonyl (C=O) groups is 2. The van der Waals surface area contributed by atoms with Gasteiger partial charge in [0.1, 0.15) is 12.4 Å². The van der Waals surface area contributed by atoms with E-state index in [9.17, 15) is 9.59 Å². The van der Waals surface area contributed by atoms with E-state index in [1.807, 2.05) is 37.3 Å². The molecule has 0 saturated heterocycles. The molecule has 1 amide bonds. The maximum Gasteiger partial charge on any atom is 0.305 e. The van der Waals surface area contributed by atoms with Crippen molar-refractivity contribution in [2.24, 2.45) is 0 Å². The second-order valence-corrected chi connectivity index (χ2v) is 6.33. The molecule has 2 heterocycles. The zero-order chi connectivity index (χ0) is 16.4. The van der Waals surface area contributed by atoms with Crippen LogP contribution in [0.1, 0.15) is 28.6 Å². The summed E-state index contributed by atoms with van der Waals surface area (Å²) >= 11 is 1.45. The molecule has 3 rings (SSSR count). The molecular weight excluding hydrogens is 314 g/mol. The van der Waals surface area contributed by atoms with Gasteiger partial charge in [-0.1, -0.05) is 12.1 Å². The van der Waals surface area contributed by atoms with Crippen molar-refractivity contribution in [2.45, 2.75) is 20.0 Å². The monoisotopic (exact) mass is 331 g/mol. The van der Waals surface area contributed by atoms with Gasteiger partial charge in [0.25, 0.3) is 5.91 Å². The lowest BCUT2D eigenvalue weighted by molar-refractivity contribution is -0.137. The molecule has 1 aliphatic heterocycles. The molecule has 120 valence electrons. The molecule has 0 unspecified atom stereocenters. The van der Waals surface area contributed by atoms with E-state index < -0.39 is 5.97 Å². The van der Waals surface area contributed by atoms with E-state index in [-0.39, 0.29) is 18.9 Å². The van der Waals surface area contributed by atoms with Gasteiger partial charge in [-0.2, -0.15) is 0 Å². The van der Waals surface area contributed by atoms with Crippen molar-refractivity contribution in [3.8, 4) is 16.2 Å². The quantitative estimate of drug-likeness (QED) is 0.913. The van der Waals surface area contributed by atoms with Crippen molar-refractivity contribution >= 4 is 23.2 Å². The van der Waals surface area contributed by atoms with E-state index in [0.717, 1.165) is 21.8 Å². The van der Waals surface area contributed by atoms with Crippen LogP contribution in [0.5, 0.6) is 5.75 Å². The summed E-state index contributed by atoms with van der Waals surface area (Å²) in [6.45, 7) is 3.02. The predicted molar refractivity (Wildman–Crippen MR) is 87.9 cm³/mol. The molecule has 0 saturated carbocycles. The maximum absolute atomic E-state index is 12.6. The summed E-state index contributed by atoms with van der Waals surface area (Å²) in [4.78, 5) is 26.6. The Hall–Kier alpha value is -2.34. The molecule has 1 N–H and O–H groups in total. The number of para-hydroxylation sites is 1. The van der Waals surface area contributed by atoms with Crippen molar-refractivity contribution < 1.29 is 19.4 Å². The molecule has 0 spiro atoms. The summed E-state index contributed by atoms with van der Waals surface area (Å²) in [5, 5.41) is 8.80. The van der Waals surface area contributed by atoms with Crippen LogP contribution in [0.2, 0.25) is 0 Å². The smallest absolute Gasteiger partial charge is 0.305 e. The second-order valence-electron chi connectivity index (χ2n) is 5.28. The Bertz CT molecular complexity index is 753. The first kappa shape index (κ1) is 15.6. The lowest BCUT2D eigenvalue weighted by Gasteiger charge is -2.18. The summed E-state index contributed by atoms with van der Waals surface area (Å²) in [5.74, 6) is -0.186. The third-order valence-corrected chi connectivity index (χ3v) is 5.00. The average molecular weight is 331 g/mol. The van der Waals surface area contributed by atoms with Crippen molar-refractivity contribution in [3.63, 3.8) is 0 Å². The van der Waals surface area contributed by atoms with Gasteiger partial charge >= 0.3 is 5.97 Å². The minimum absolute atomic E-state index is 0.0450. The summed E-state index contributed by atoms with van der Waals surface area (Å²) in [6.07, 6.45) is -0.0450. The number of ether oxygens (including phenoxy) is 1. The first-order chi connectivity index (χ1) is 11.1. The molecule has 2 aromatic rings. The van der Waals surface area contributed by atoms with Gasteiger partial charge in [0.2, 0.25) is 0 Å². The largest absolute Gasteiger partial charge is 0.488 e. The minimum atomic E-state index is -0.899. The summed E-state index contributed by atoms with van der Waals surface area (Å²) in [7, 11) is 0. The highest BCUT2D eigenvalue weighted by molar-refractivity contribution is 7.17. The highest BCUT2D eigenvalue weighted by Crippen LogP contribution is 2.42. The number of aliphatic carboxylic acids is 1. The normalized spacial score (nSPS) is 12.0. The number of amides is 1. The van der Waals surface area contributed by atoms with E-state index in [4.69, 9.17) is 9.84 Å². The Morgan fingerprint density at radius 3 is 2.87 bits per heavy atom. The molecule has 1 aromatic carbocycles. The standard InChI is InChI=1S/C17H17NO4S/c1-2-18(8-7-15(19)20)17(21)14-9-11-10-22-13-6-4-3-5-12(13)16(11)23-14/h3-6,9H,2,7-8,10H2,1H3,(H,19,20). The molecule has 0 bridgehead atoms.